The number of carbonyl (C=O) groups excluding carboxylic acids is 2. The number of thiophene rings is 1. The van der Waals surface area contributed by atoms with Crippen molar-refractivity contribution >= 4 is 23.2 Å². The maximum atomic E-state index is 12.7. The molecule has 0 atom stereocenters. The Bertz CT molecular complexity index is 785. The molecule has 0 saturated carbocycles. The molecule has 1 saturated heterocycles. The third kappa shape index (κ3) is 4.89. The van der Waals surface area contributed by atoms with Crippen LogP contribution in [0, 0.1) is 6.92 Å². The Morgan fingerprint density at radius 3 is 2.41 bits per heavy atom. The van der Waals surface area contributed by atoms with Crippen molar-refractivity contribution in [2.45, 2.75) is 26.2 Å². The summed E-state index contributed by atoms with van der Waals surface area (Å²) in [5.41, 5.74) is 2.16. The minimum Gasteiger partial charge on any atom is -0.497 e. The SMILES string of the molecule is COc1ccc(CCC(=O)N2CCCN(C(=O)c3sccc3C)CC2)cc1. The minimum absolute atomic E-state index is 0.0926. The van der Waals surface area contributed by atoms with Crippen LogP contribution in [0.25, 0.3) is 0 Å². The molecule has 2 heterocycles. The number of amides is 2. The van der Waals surface area contributed by atoms with E-state index in [9.17, 15) is 9.59 Å². The van der Waals surface area contributed by atoms with Crippen LogP contribution in [-0.2, 0) is 11.2 Å². The summed E-state index contributed by atoms with van der Waals surface area (Å²) in [5, 5.41) is 1.95. The van der Waals surface area contributed by atoms with Crippen LogP contribution < -0.4 is 4.74 Å². The topological polar surface area (TPSA) is 49.9 Å². The van der Waals surface area contributed by atoms with Gasteiger partial charge in [-0.15, -0.1) is 11.3 Å². The summed E-state index contributed by atoms with van der Waals surface area (Å²) in [6, 6.07) is 9.81. The summed E-state index contributed by atoms with van der Waals surface area (Å²) in [5.74, 6) is 1.07. The number of rotatable bonds is 5. The molecule has 0 N–H and O–H groups in total. The maximum Gasteiger partial charge on any atom is 0.264 e. The smallest absolute Gasteiger partial charge is 0.264 e. The van der Waals surface area contributed by atoms with Gasteiger partial charge in [-0.1, -0.05) is 12.1 Å². The Balaban J connectivity index is 1.51. The standard InChI is InChI=1S/C21H26N2O3S/c1-16-10-15-27-20(16)21(25)23-12-3-11-22(13-14-23)19(24)9-6-17-4-7-18(26-2)8-5-17/h4-5,7-8,10,15H,3,6,9,11-14H2,1-2H3. The molecule has 3 rings (SSSR count). The summed E-state index contributed by atoms with van der Waals surface area (Å²) >= 11 is 1.49. The lowest BCUT2D eigenvalue weighted by molar-refractivity contribution is -0.131. The summed E-state index contributed by atoms with van der Waals surface area (Å²) in [4.78, 5) is 29.9. The normalized spacial score (nSPS) is 14.7. The summed E-state index contributed by atoms with van der Waals surface area (Å²) in [6.07, 6.45) is 2.03. The molecule has 5 nitrogen and oxygen atoms in total. The van der Waals surface area contributed by atoms with Crippen molar-refractivity contribution in [3.8, 4) is 5.75 Å². The van der Waals surface area contributed by atoms with Crippen molar-refractivity contribution in [2.24, 2.45) is 0 Å². The zero-order valence-corrected chi connectivity index (χ0v) is 16.8. The number of ether oxygens (including phenoxy) is 1. The van der Waals surface area contributed by atoms with Crippen molar-refractivity contribution in [3.05, 3.63) is 51.7 Å². The fourth-order valence-electron chi connectivity index (χ4n) is 3.31. The lowest BCUT2D eigenvalue weighted by atomic mass is 10.1. The first kappa shape index (κ1) is 19.4. The Morgan fingerprint density at radius 1 is 1.04 bits per heavy atom. The van der Waals surface area contributed by atoms with Crippen molar-refractivity contribution in [1.29, 1.82) is 0 Å². The lowest BCUT2D eigenvalue weighted by Gasteiger charge is -2.22. The predicted octanol–water partition coefficient (Wildman–Crippen LogP) is 3.37. The van der Waals surface area contributed by atoms with Gasteiger partial charge in [0.1, 0.15) is 5.75 Å². The van der Waals surface area contributed by atoms with E-state index in [1.807, 2.05) is 52.4 Å². The van der Waals surface area contributed by atoms with Gasteiger partial charge in [0.2, 0.25) is 5.91 Å². The Morgan fingerprint density at radius 2 is 1.74 bits per heavy atom. The molecular formula is C21H26N2O3S. The molecule has 6 heteroatoms. The van der Waals surface area contributed by atoms with Crippen LogP contribution in [0.15, 0.2) is 35.7 Å². The maximum absolute atomic E-state index is 12.7. The van der Waals surface area contributed by atoms with Crippen LogP contribution in [0.4, 0.5) is 0 Å². The highest BCUT2D eigenvalue weighted by molar-refractivity contribution is 7.12. The second-order valence-electron chi connectivity index (χ2n) is 6.81. The number of methoxy groups -OCH3 is 1. The Kier molecular flexibility index (Phi) is 6.50. The highest BCUT2D eigenvalue weighted by Crippen LogP contribution is 2.19. The second-order valence-corrected chi connectivity index (χ2v) is 7.72. The van der Waals surface area contributed by atoms with Gasteiger partial charge in [0, 0.05) is 32.6 Å². The molecule has 0 radical (unpaired) electrons. The van der Waals surface area contributed by atoms with Gasteiger partial charge in [-0.25, -0.2) is 0 Å². The van der Waals surface area contributed by atoms with E-state index in [0.717, 1.165) is 34.6 Å². The molecule has 1 fully saturated rings. The highest BCUT2D eigenvalue weighted by Gasteiger charge is 2.24. The first-order valence-electron chi connectivity index (χ1n) is 9.32. The second kappa shape index (κ2) is 9.04. The van der Waals surface area contributed by atoms with Crippen molar-refractivity contribution in [2.75, 3.05) is 33.3 Å². The van der Waals surface area contributed by atoms with E-state index in [-0.39, 0.29) is 11.8 Å². The lowest BCUT2D eigenvalue weighted by Crippen LogP contribution is -2.37. The molecule has 1 aromatic carbocycles. The van der Waals surface area contributed by atoms with Crippen molar-refractivity contribution < 1.29 is 14.3 Å². The van der Waals surface area contributed by atoms with E-state index in [2.05, 4.69) is 0 Å². The van der Waals surface area contributed by atoms with E-state index in [1.165, 1.54) is 11.3 Å². The molecule has 144 valence electrons. The number of hydrogen-bond acceptors (Lipinski definition) is 4. The first-order valence-corrected chi connectivity index (χ1v) is 10.2. The third-order valence-electron chi connectivity index (χ3n) is 4.98. The minimum atomic E-state index is 0.0926. The molecule has 27 heavy (non-hydrogen) atoms. The van der Waals surface area contributed by atoms with Crippen molar-refractivity contribution in [1.82, 2.24) is 9.80 Å². The summed E-state index contributed by atoms with van der Waals surface area (Å²) in [7, 11) is 1.64. The number of carbonyl (C=O) groups is 2. The fraction of sp³-hybridized carbons (Fsp3) is 0.429. The quantitative estimate of drug-likeness (QED) is 0.792. The molecule has 0 unspecified atom stereocenters. The highest BCUT2D eigenvalue weighted by atomic mass is 32.1. The van der Waals surface area contributed by atoms with Gasteiger partial charge in [0.05, 0.1) is 12.0 Å². The number of aryl methyl sites for hydroxylation is 2. The Hall–Kier alpha value is -2.34. The molecule has 1 aliphatic rings. The Labute approximate surface area is 164 Å². The number of hydrogen-bond donors (Lipinski definition) is 0. The molecule has 2 amide bonds. The molecule has 1 aliphatic heterocycles. The average molecular weight is 387 g/mol. The van der Waals surface area contributed by atoms with E-state index >= 15 is 0 Å². The zero-order valence-electron chi connectivity index (χ0n) is 15.9. The molecule has 0 spiro atoms. The van der Waals surface area contributed by atoms with Gasteiger partial charge in [-0.3, -0.25) is 9.59 Å². The summed E-state index contributed by atoms with van der Waals surface area (Å²) < 4.78 is 5.16. The first-order chi connectivity index (χ1) is 13.1. The van der Waals surface area contributed by atoms with E-state index in [4.69, 9.17) is 4.74 Å². The van der Waals surface area contributed by atoms with E-state index < -0.39 is 0 Å². The van der Waals surface area contributed by atoms with Gasteiger partial charge in [-0.2, -0.15) is 0 Å². The predicted molar refractivity (Wildman–Crippen MR) is 107 cm³/mol. The zero-order chi connectivity index (χ0) is 19.2. The van der Waals surface area contributed by atoms with E-state index in [0.29, 0.717) is 32.6 Å². The van der Waals surface area contributed by atoms with Crippen LogP contribution in [0.1, 0.15) is 33.6 Å². The number of nitrogens with zero attached hydrogens (tertiary/aromatic N) is 2. The van der Waals surface area contributed by atoms with Gasteiger partial charge in [0.15, 0.2) is 0 Å². The third-order valence-corrected chi connectivity index (χ3v) is 5.98. The van der Waals surface area contributed by atoms with Crippen LogP contribution in [0.2, 0.25) is 0 Å². The van der Waals surface area contributed by atoms with Crippen LogP contribution in [0.5, 0.6) is 5.75 Å². The molecule has 2 aromatic rings. The van der Waals surface area contributed by atoms with Gasteiger partial charge in [0.25, 0.3) is 5.91 Å². The average Bonchev–Trinajstić information content (AvgIpc) is 2.97. The van der Waals surface area contributed by atoms with E-state index in [1.54, 1.807) is 7.11 Å². The van der Waals surface area contributed by atoms with Crippen LogP contribution in [-0.4, -0.2) is 54.9 Å². The largest absolute Gasteiger partial charge is 0.497 e. The van der Waals surface area contributed by atoms with Crippen molar-refractivity contribution in [3.63, 3.8) is 0 Å². The van der Waals surface area contributed by atoms with Gasteiger partial charge >= 0.3 is 0 Å². The monoisotopic (exact) mass is 386 g/mol. The van der Waals surface area contributed by atoms with Crippen LogP contribution in [0.3, 0.4) is 0 Å². The van der Waals surface area contributed by atoms with Crippen LogP contribution >= 0.6 is 11.3 Å². The summed E-state index contributed by atoms with van der Waals surface area (Å²) in [6.45, 7) is 4.60. The molecular weight excluding hydrogens is 360 g/mol. The van der Waals surface area contributed by atoms with Gasteiger partial charge in [-0.05, 0) is 54.5 Å². The molecule has 1 aromatic heterocycles. The molecule has 0 bridgehead atoms. The van der Waals surface area contributed by atoms with Gasteiger partial charge < -0.3 is 14.5 Å². The fourth-order valence-corrected chi connectivity index (χ4v) is 4.20. The molecule has 0 aliphatic carbocycles. The number of benzene rings is 1.